The second-order valence-electron chi connectivity index (χ2n) is 8.35. The zero-order valence-corrected chi connectivity index (χ0v) is 17.6. The first-order valence-electron chi connectivity index (χ1n) is 9.81. The van der Waals surface area contributed by atoms with Crippen LogP contribution in [-0.4, -0.2) is 24.3 Å². The van der Waals surface area contributed by atoms with Gasteiger partial charge in [-0.2, -0.15) is 0 Å². The van der Waals surface area contributed by atoms with Gasteiger partial charge in [0.2, 0.25) is 5.91 Å². The van der Waals surface area contributed by atoms with Crippen molar-refractivity contribution in [3.63, 3.8) is 0 Å². The van der Waals surface area contributed by atoms with Crippen molar-refractivity contribution in [3.8, 4) is 5.75 Å². The van der Waals surface area contributed by atoms with E-state index >= 15 is 0 Å². The molecule has 5 heteroatoms. The molecule has 0 bridgehead atoms. The van der Waals surface area contributed by atoms with Gasteiger partial charge in [-0.05, 0) is 62.2 Å². The molecule has 5 nitrogen and oxygen atoms in total. The second-order valence-corrected chi connectivity index (χ2v) is 8.35. The Labute approximate surface area is 172 Å². The normalized spacial score (nSPS) is 16.1. The number of hydrogen-bond acceptors (Lipinski definition) is 4. The molecule has 0 unspecified atom stereocenters. The Kier molecular flexibility index (Phi) is 5.78. The predicted octanol–water partition coefficient (Wildman–Crippen LogP) is 4.44. The third kappa shape index (κ3) is 4.86. The molecule has 0 fully saturated rings. The van der Waals surface area contributed by atoms with Crippen molar-refractivity contribution in [1.82, 2.24) is 5.32 Å². The van der Waals surface area contributed by atoms with E-state index in [0.717, 1.165) is 23.4 Å². The van der Waals surface area contributed by atoms with Crippen molar-refractivity contribution in [2.45, 2.75) is 39.7 Å². The Bertz CT molecular complexity index is 957. The fraction of sp³-hybridized carbons (Fsp3) is 0.333. The summed E-state index contributed by atoms with van der Waals surface area (Å²) in [6, 6.07) is 12.9. The Balaban J connectivity index is 1.87. The molecule has 1 aliphatic rings. The van der Waals surface area contributed by atoms with E-state index in [-0.39, 0.29) is 23.1 Å². The van der Waals surface area contributed by atoms with E-state index in [4.69, 9.17) is 4.74 Å². The fourth-order valence-corrected chi connectivity index (χ4v) is 3.37. The number of ether oxygens (including phenoxy) is 1. The van der Waals surface area contributed by atoms with Crippen LogP contribution in [0.15, 0.2) is 48.5 Å². The fourth-order valence-electron chi connectivity index (χ4n) is 3.37. The van der Waals surface area contributed by atoms with E-state index in [0.29, 0.717) is 11.3 Å². The lowest BCUT2D eigenvalue weighted by Gasteiger charge is -2.35. The molecule has 0 radical (unpaired) electrons. The first-order valence-corrected chi connectivity index (χ1v) is 9.81. The highest BCUT2D eigenvalue weighted by Gasteiger charge is 2.28. The lowest BCUT2D eigenvalue weighted by Crippen LogP contribution is -2.43. The monoisotopic (exact) mass is 392 g/mol. The number of benzene rings is 2. The van der Waals surface area contributed by atoms with Gasteiger partial charge < -0.3 is 15.4 Å². The average Bonchev–Trinajstić information content (AvgIpc) is 2.67. The molecule has 0 saturated heterocycles. The molecule has 29 heavy (non-hydrogen) atoms. The topological polar surface area (TPSA) is 67.4 Å². The maximum Gasteiger partial charge on any atom is 0.226 e. The summed E-state index contributed by atoms with van der Waals surface area (Å²) in [6.45, 7) is 7.91. The molecule has 2 aromatic rings. The summed E-state index contributed by atoms with van der Waals surface area (Å²) in [7, 11) is 1.64. The number of anilines is 1. The van der Waals surface area contributed by atoms with Crippen LogP contribution in [0.1, 0.15) is 49.2 Å². The molecule has 152 valence electrons. The minimum atomic E-state index is -0.154. The zero-order chi connectivity index (χ0) is 21.2. The first-order chi connectivity index (χ1) is 13.7. The van der Waals surface area contributed by atoms with E-state index in [1.165, 1.54) is 5.56 Å². The van der Waals surface area contributed by atoms with E-state index in [2.05, 4.69) is 30.5 Å². The summed E-state index contributed by atoms with van der Waals surface area (Å²) >= 11 is 0. The standard InChI is InChI=1S/C24H28N2O3/c1-15(2)23(28)25-18-9-6-16(7-10-18)22(27)13-21-20-12-19(29-5)11-8-17(20)14-24(3,4)26-21/h6-13,15,26H,14H2,1-5H3,(H,25,28)/b21-13-. The van der Waals surface area contributed by atoms with Gasteiger partial charge in [0.25, 0.3) is 0 Å². The van der Waals surface area contributed by atoms with Crippen molar-refractivity contribution in [2.75, 3.05) is 12.4 Å². The Morgan fingerprint density at radius 3 is 2.45 bits per heavy atom. The zero-order valence-electron chi connectivity index (χ0n) is 17.6. The molecular weight excluding hydrogens is 364 g/mol. The molecule has 0 atom stereocenters. The van der Waals surface area contributed by atoms with Crippen LogP contribution in [0.2, 0.25) is 0 Å². The summed E-state index contributed by atoms with van der Waals surface area (Å²) in [5.41, 5.74) is 4.05. The summed E-state index contributed by atoms with van der Waals surface area (Å²) in [6.07, 6.45) is 2.50. The van der Waals surface area contributed by atoms with E-state index in [9.17, 15) is 9.59 Å². The molecule has 0 spiro atoms. The number of rotatable bonds is 5. The minimum Gasteiger partial charge on any atom is -0.497 e. The Morgan fingerprint density at radius 2 is 1.83 bits per heavy atom. The molecule has 1 amide bonds. The van der Waals surface area contributed by atoms with Gasteiger partial charge in [0, 0.05) is 40.0 Å². The lowest BCUT2D eigenvalue weighted by atomic mass is 9.85. The number of nitrogens with one attached hydrogen (secondary N) is 2. The van der Waals surface area contributed by atoms with Crippen LogP contribution in [-0.2, 0) is 11.2 Å². The van der Waals surface area contributed by atoms with Crippen molar-refractivity contribution in [1.29, 1.82) is 0 Å². The quantitative estimate of drug-likeness (QED) is 0.583. The molecule has 0 aromatic heterocycles. The number of methoxy groups -OCH3 is 1. The van der Waals surface area contributed by atoms with Crippen molar-refractivity contribution in [3.05, 3.63) is 65.2 Å². The van der Waals surface area contributed by atoms with Gasteiger partial charge >= 0.3 is 0 Å². The SMILES string of the molecule is COc1ccc2c(c1)/C(=C/C(=O)c1ccc(NC(=O)C(C)C)cc1)NC(C)(C)C2. The average molecular weight is 392 g/mol. The van der Waals surface area contributed by atoms with Crippen molar-refractivity contribution < 1.29 is 14.3 Å². The molecule has 1 aliphatic heterocycles. The van der Waals surface area contributed by atoms with E-state index in [1.807, 2.05) is 26.0 Å². The van der Waals surface area contributed by atoms with Gasteiger partial charge in [-0.1, -0.05) is 19.9 Å². The number of fused-ring (bicyclic) bond motifs is 1. The van der Waals surface area contributed by atoms with Gasteiger partial charge in [0.05, 0.1) is 7.11 Å². The van der Waals surface area contributed by atoms with Crippen LogP contribution in [0.5, 0.6) is 5.75 Å². The third-order valence-corrected chi connectivity index (χ3v) is 4.95. The number of amides is 1. The highest BCUT2D eigenvalue weighted by Crippen LogP contribution is 2.32. The summed E-state index contributed by atoms with van der Waals surface area (Å²) in [5.74, 6) is 0.513. The number of hydrogen-bond donors (Lipinski definition) is 2. The van der Waals surface area contributed by atoms with Gasteiger partial charge in [-0.15, -0.1) is 0 Å². The van der Waals surface area contributed by atoms with Crippen LogP contribution < -0.4 is 15.4 Å². The van der Waals surface area contributed by atoms with Crippen LogP contribution in [0, 0.1) is 5.92 Å². The largest absolute Gasteiger partial charge is 0.497 e. The predicted molar refractivity (Wildman–Crippen MR) is 116 cm³/mol. The van der Waals surface area contributed by atoms with Crippen LogP contribution in [0.3, 0.4) is 0 Å². The molecule has 3 rings (SSSR count). The number of carbonyl (C=O) groups is 2. The second kappa shape index (κ2) is 8.11. The molecular formula is C24H28N2O3. The Morgan fingerprint density at radius 1 is 1.14 bits per heavy atom. The summed E-state index contributed by atoms with van der Waals surface area (Å²) in [5, 5.41) is 6.31. The number of carbonyl (C=O) groups excluding carboxylic acids is 2. The highest BCUT2D eigenvalue weighted by molar-refractivity contribution is 6.09. The lowest BCUT2D eigenvalue weighted by molar-refractivity contribution is -0.118. The summed E-state index contributed by atoms with van der Waals surface area (Å²) in [4.78, 5) is 24.7. The molecule has 2 N–H and O–H groups in total. The van der Waals surface area contributed by atoms with Gasteiger partial charge in [-0.25, -0.2) is 0 Å². The minimum absolute atomic E-state index is 0.0506. The van der Waals surface area contributed by atoms with Crippen molar-refractivity contribution >= 4 is 23.1 Å². The van der Waals surface area contributed by atoms with Crippen molar-refractivity contribution in [2.24, 2.45) is 5.92 Å². The van der Waals surface area contributed by atoms with Crippen LogP contribution in [0.4, 0.5) is 5.69 Å². The number of allylic oxidation sites excluding steroid dienone is 1. The Hall–Kier alpha value is -3.08. The smallest absolute Gasteiger partial charge is 0.226 e. The summed E-state index contributed by atoms with van der Waals surface area (Å²) < 4.78 is 5.36. The highest BCUT2D eigenvalue weighted by atomic mass is 16.5. The first kappa shape index (κ1) is 20.6. The van der Waals surface area contributed by atoms with E-state index < -0.39 is 0 Å². The van der Waals surface area contributed by atoms with Crippen LogP contribution in [0.25, 0.3) is 5.70 Å². The van der Waals surface area contributed by atoms with Gasteiger partial charge in [0.15, 0.2) is 5.78 Å². The maximum atomic E-state index is 12.9. The number of ketones is 1. The third-order valence-electron chi connectivity index (χ3n) is 4.95. The van der Waals surface area contributed by atoms with Gasteiger partial charge in [-0.3, -0.25) is 9.59 Å². The van der Waals surface area contributed by atoms with Crippen LogP contribution >= 0.6 is 0 Å². The van der Waals surface area contributed by atoms with Gasteiger partial charge in [0.1, 0.15) is 5.75 Å². The molecule has 0 saturated carbocycles. The maximum absolute atomic E-state index is 12.9. The molecule has 2 aromatic carbocycles. The van der Waals surface area contributed by atoms with E-state index in [1.54, 1.807) is 37.5 Å². The molecule has 1 heterocycles. The molecule has 0 aliphatic carbocycles.